The van der Waals surface area contributed by atoms with Crippen molar-refractivity contribution in [2.45, 2.75) is 12.8 Å². The summed E-state index contributed by atoms with van der Waals surface area (Å²) in [6.45, 7) is 1.04. The lowest BCUT2D eigenvalue weighted by atomic mass is 9.85. The number of hydrogen-bond acceptors (Lipinski definition) is 6. The zero-order valence-electron chi connectivity index (χ0n) is 11.5. The van der Waals surface area contributed by atoms with Gasteiger partial charge < -0.3 is 9.64 Å². The summed E-state index contributed by atoms with van der Waals surface area (Å²) in [6, 6.07) is 3.83. The molecule has 1 unspecified atom stereocenters. The molecule has 3 heterocycles. The SMILES string of the molecule is COc1nccc(N2CCC3(CC(=O)NC3=O)C2)c1C#N. The lowest BCUT2D eigenvalue weighted by Gasteiger charge is -2.23. The number of methoxy groups -OCH3 is 1. The van der Waals surface area contributed by atoms with E-state index in [9.17, 15) is 14.9 Å². The molecule has 2 amide bonds. The Hall–Kier alpha value is -2.62. The van der Waals surface area contributed by atoms with Crippen LogP contribution in [0.2, 0.25) is 0 Å². The van der Waals surface area contributed by atoms with Crippen molar-refractivity contribution in [3.63, 3.8) is 0 Å². The first-order chi connectivity index (χ1) is 10.1. The highest BCUT2D eigenvalue weighted by molar-refractivity contribution is 6.06. The Kier molecular flexibility index (Phi) is 3.01. The van der Waals surface area contributed by atoms with Crippen LogP contribution in [-0.4, -0.2) is 37.0 Å². The van der Waals surface area contributed by atoms with Crippen molar-refractivity contribution in [3.05, 3.63) is 17.8 Å². The maximum Gasteiger partial charge on any atom is 0.235 e. The molecule has 1 atom stereocenters. The van der Waals surface area contributed by atoms with Gasteiger partial charge in [-0.1, -0.05) is 0 Å². The lowest BCUT2D eigenvalue weighted by molar-refractivity contribution is -0.127. The molecule has 1 aromatic rings. The summed E-state index contributed by atoms with van der Waals surface area (Å²) < 4.78 is 5.10. The van der Waals surface area contributed by atoms with E-state index >= 15 is 0 Å². The molecule has 2 aliphatic heterocycles. The van der Waals surface area contributed by atoms with Gasteiger partial charge in [-0.15, -0.1) is 0 Å². The molecule has 0 radical (unpaired) electrons. The summed E-state index contributed by atoms with van der Waals surface area (Å²) in [7, 11) is 1.46. The van der Waals surface area contributed by atoms with E-state index < -0.39 is 5.41 Å². The van der Waals surface area contributed by atoms with Crippen LogP contribution in [0.15, 0.2) is 12.3 Å². The number of carbonyl (C=O) groups is 2. The first kappa shape index (κ1) is 13.4. The Morgan fingerprint density at radius 3 is 2.95 bits per heavy atom. The number of imide groups is 1. The predicted octanol–water partition coefficient (Wildman–Crippen LogP) is 0.205. The maximum atomic E-state index is 12.0. The van der Waals surface area contributed by atoms with Crippen molar-refractivity contribution in [2.24, 2.45) is 5.41 Å². The van der Waals surface area contributed by atoms with Crippen LogP contribution < -0.4 is 15.0 Å². The topological polar surface area (TPSA) is 95.3 Å². The average molecular weight is 286 g/mol. The Labute approximate surface area is 121 Å². The molecular formula is C14H14N4O3. The summed E-state index contributed by atoms with van der Waals surface area (Å²) in [6.07, 6.45) is 2.38. The fraction of sp³-hybridized carbons (Fsp3) is 0.429. The first-order valence-corrected chi connectivity index (χ1v) is 6.62. The van der Waals surface area contributed by atoms with E-state index in [1.807, 2.05) is 4.90 Å². The molecule has 2 fully saturated rings. The summed E-state index contributed by atoms with van der Waals surface area (Å²) in [5.74, 6) is -0.174. The van der Waals surface area contributed by atoms with Gasteiger partial charge in [0.1, 0.15) is 11.6 Å². The molecule has 1 spiro atoms. The lowest BCUT2D eigenvalue weighted by Crippen LogP contribution is -2.34. The quantitative estimate of drug-likeness (QED) is 0.781. The van der Waals surface area contributed by atoms with Gasteiger partial charge in [0.15, 0.2) is 0 Å². The molecule has 21 heavy (non-hydrogen) atoms. The third-order valence-corrected chi connectivity index (χ3v) is 4.13. The van der Waals surface area contributed by atoms with Crippen LogP contribution in [0, 0.1) is 16.7 Å². The summed E-state index contributed by atoms with van der Waals surface area (Å²) in [4.78, 5) is 29.4. The van der Waals surface area contributed by atoms with Gasteiger partial charge in [0.05, 0.1) is 18.2 Å². The van der Waals surface area contributed by atoms with Gasteiger partial charge in [-0.2, -0.15) is 5.26 Å². The molecular weight excluding hydrogens is 272 g/mol. The van der Waals surface area contributed by atoms with Gasteiger partial charge in [0.2, 0.25) is 17.7 Å². The number of amides is 2. The zero-order chi connectivity index (χ0) is 15.0. The van der Waals surface area contributed by atoms with Gasteiger partial charge in [-0.05, 0) is 12.5 Å². The summed E-state index contributed by atoms with van der Waals surface area (Å²) >= 11 is 0. The maximum absolute atomic E-state index is 12.0. The van der Waals surface area contributed by atoms with Crippen LogP contribution in [0.4, 0.5) is 5.69 Å². The van der Waals surface area contributed by atoms with Crippen molar-refractivity contribution < 1.29 is 14.3 Å². The highest BCUT2D eigenvalue weighted by Gasteiger charge is 2.51. The van der Waals surface area contributed by atoms with Crippen LogP contribution in [0.25, 0.3) is 0 Å². The minimum Gasteiger partial charge on any atom is -0.480 e. The summed E-state index contributed by atoms with van der Waals surface area (Å²) in [5, 5.41) is 11.7. The fourth-order valence-corrected chi connectivity index (χ4v) is 3.06. The van der Waals surface area contributed by atoms with E-state index in [1.165, 1.54) is 7.11 Å². The normalized spacial score (nSPS) is 24.3. The minimum absolute atomic E-state index is 0.213. The molecule has 0 aromatic carbocycles. The first-order valence-electron chi connectivity index (χ1n) is 6.62. The molecule has 7 heteroatoms. The smallest absolute Gasteiger partial charge is 0.235 e. The number of pyridine rings is 1. The van der Waals surface area contributed by atoms with Gasteiger partial charge in [0, 0.05) is 25.7 Å². The monoisotopic (exact) mass is 286 g/mol. The van der Waals surface area contributed by atoms with Crippen LogP contribution >= 0.6 is 0 Å². The van der Waals surface area contributed by atoms with Crippen molar-refractivity contribution in [3.8, 4) is 11.9 Å². The van der Waals surface area contributed by atoms with Crippen LogP contribution in [-0.2, 0) is 9.59 Å². The second kappa shape index (κ2) is 4.74. The standard InChI is InChI=1S/C14H14N4O3/c1-21-12-9(7-15)10(2-4-16-12)18-5-3-14(8-18)6-11(19)17-13(14)20/h2,4H,3,5-6,8H2,1H3,(H,17,19,20). The van der Waals surface area contributed by atoms with E-state index in [2.05, 4.69) is 16.4 Å². The molecule has 0 aliphatic carbocycles. The van der Waals surface area contributed by atoms with Gasteiger partial charge in [0.25, 0.3) is 0 Å². The number of nitriles is 1. The highest BCUT2D eigenvalue weighted by atomic mass is 16.5. The molecule has 0 bridgehead atoms. The van der Waals surface area contributed by atoms with Gasteiger partial charge >= 0.3 is 0 Å². The van der Waals surface area contributed by atoms with Crippen molar-refractivity contribution in [1.29, 1.82) is 5.26 Å². The molecule has 2 saturated heterocycles. The molecule has 108 valence electrons. The highest BCUT2D eigenvalue weighted by Crippen LogP contribution is 2.41. The van der Waals surface area contributed by atoms with E-state index in [0.717, 1.165) is 0 Å². The second-order valence-electron chi connectivity index (χ2n) is 5.33. The zero-order valence-corrected chi connectivity index (χ0v) is 11.5. The molecule has 1 N–H and O–H groups in total. The second-order valence-corrected chi connectivity index (χ2v) is 5.33. The van der Waals surface area contributed by atoms with Crippen LogP contribution in [0.3, 0.4) is 0 Å². The molecule has 1 aromatic heterocycles. The van der Waals surface area contributed by atoms with Crippen molar-refractivity contribution in [1.82, 2.24) is 10.3 Å². The van der Waals surface area contributed by atoms with Gasteiger partial charge in [-0.25, -0.2) is 4.98 Å². The number of carbonyl (C=O) groups excluding carboxylic acids is 2. The third kappa shape index (κ3) is 2.00. The van der Waals surface area contributed by atoms with E-state index in [4.69, 9.17) is 4.74 Å². The third-order valence-electron chi connectivity index (χ3n) is 4.13. The Morgan fingerprint density at radius 1 is 1.52 bits per heavy atom. The molecule has 3 rings (SSSR count). The predicted molar refractivity (Wildman–Crippen MR) is 72.5 cm³/mol. The summed E-state index contributed by atoms with van der Waals surface area (Å²) in [5.41, 5.74) is 0.371. The number of nitrogens with one attached hydrogen (secondary N) is 1. The van der Waals surface area contributed by atoms with E-state index in [-0.39, 0.29) is 24.1 Å². The van der Waals surface area contributed by atoms with Crippen LogP contribution in [0.1, 0.15) is 18.4 Å². The van der Waals surface area contributed by atoms with Crippen molar-refractivity contribution in [2.75, 3.05) is 25.1 Å². The minimum atomic E-state index is -0.666. The number of anilines is 1. The van der Waals surface area contributed by atoms with E-state index in [0.29, 0.717) is 30.8 Å². The Morgan fingerprint density at radius 2 is 2.33 bits per heavy atom. The molecule has 2 aliphatic rings. The molecule has 0 saturated carbocycles. The van der Waals surface area contributed by atoms with Gasteiger partial charge in [-0.3, -0.25) is 14.9 Å². The number of ether oxygens (including phenoxy) is 1. The number of hydrogen-bond donors (Lipinski definition) is 1. The van der Waals surface area contributed by atoms with Crippen molar-refractivity contribution >= 4 is 17.5 Å². The van der Waals surface area contributed by atoms with E-state index in [1.54, 1.807) is 12.3 Å². The molecule has 7 nitrogen and oxygen atoms in total. The number of rotatable bonds is 2. The Bertz CT molecular complexity index is 667. The fourth-order valence-electron chi connectivity index (χ4n) is 3.06. The number of aromatic nitrogens is 1. The average Bonchev–Trinajstić information content (AvgIpc) is 3.02. The van der Waals surface area contributed by atoms with Crippen LogP contribution in [0.5, 0.6) is 5.88 Å². The number of nitrogens with zero attached hydrogens (tertiary/aromatic N) is 3. The Balaban J connectivity index is 1.93. The largest absolute Gasteiger partial charge is 0.480 e.